The highest BCUT2D eigenvalue weighted by atomic mass is 16.5. The Morgan fingerprint density at radius 1 is 1.05 bits per heavy atom. The number of carbonyl (C=O) groups excluding carboxylic acids is 1. The standard InChI is InChI=1S/C10H8O6.C3H8/c1-16-10(15)6-3-2-5(8(11)12)4-7(6)9(13)14;1-3-2/h2-4H,1H3,(H,11,12)(H,13,14);3H2,1-2H3. The van der Waals surface area contributed by atoms with E-state index >= 15 is 0 Å². The van der Waals surface area contributed by atoms with Crippen molar-refractivity contribution < 1.29 is 29.3 Å². The summed E-state index contributed by atoms with van der Waals surface area (Å²) in [4.78, 5) is 32.6. The zero-order chi connectivity index (χ0) is 15.0. The van der Waals surface area contributed by atoms with Crippen molar-refractivity contribution in [2.24, 2.45) is 0 Å². The molecule has 0 aliphatic rings. The van der Waals surface area contributed by atoms with Crippen LogP contribution in [0.4, 0.5) is 0 Å². The molecule has 104 valence electrons. The van der Waals surface area contributed by atoms with Crippen molar-refractivity contribution in [1.82, 2.24) is 0 Å². The molecule has 1 aromatic carbocycles. The normalized spacial score (nSPS) is 9.00. The molecule has 0 unspecified atom stereocenters. The summed E-state index contributed by atoms with van der Waals surface area (Å²) in [5.41, 5.74) is -0.781. The number of aromatic carboxylic acids is 2. The summed E-state index contributed by atoms with van der Waals surface area (Å²) in [6.45, 7) is 4.25. The molecule has 0 bridgehead atoms. The highest BCUT2D eigenvalue weighted by molar-refractivity contribution is 6.04. The summed E-state index contributed by atoms with van der Waals surface area (Å²) < 4.78 is 4.38. The molecule has 0 atom stereocenters. The predicted molar refractivity (Wildman–Crippen MR) is 67.7 cm³/mol. The number of hydrogen-bond acceptors (Lipinski definition) is 4. The fraction of sp³-hybridized carbons (Fsp3) is 0.308. The first-order chi connectivity index (χ1) is 8.88. The van der Waals surface area contributed by atoms with E-state index < -0.39 is 23.5 Å². The average molecular weight is 268 g/mol. The maximum absolute atomic E-state index is 11.2. The molecule has 0 aliphatic heterocycles. The lowest BCUT2D eigenvalue weighted by Crippen LogP contribution is -2.11. The van der Waals surface area contributed by atoms with Crippen LogP contribution in [0.15, 0.2) is 18.2 Å². The molecule has 0 spiro atoms. The van der Waals surface area contributed by atoms with Crippen LogP contribution >= 0.6 is 0 Å². The minimum Gasteiger partial charge on any atom is -0.478 e. The number of carboxylic acids is 2. The van der Waals surface area contributed by atoms with Crippen LogP contribution in [0.2, 0.25) is 0 Å². The number of carbonyl (C=O) groups is 3. The zero-order valence-electron chi connectivity index (χ0n) is 11.0. The number of carboxylic acid groups (broad SMARTS) is 2. The fourth-order valence-electron chi connectivity index (χ4n) is 1.14. The molecule has 0 heterocycles. The largest absolute Gasteiger partial charge is 0.478 e. The van der Waals surface area contributed by atoms with Gasteiger partial charge in [-0.2, -0.15) is 0 Å². The molecule has 2 N–H and O–H groups in total. The van der Waals surface area contributed by atoms with Gasteiger partial charge in [-0.3, -0.25) is 0 Å². The molecule has 1 rings (SSSR count). The van der Waals surface area contributed by atoms with Gasteiger partial charge in [-0.15, -0.1) is 0 Å². The van der Waals surface area contributed by atoms with Crippen LogP contribution < -0.4 is 0 Å². The van der Waals surface area contributed by atoms with E-state index in [2.05, 4.69) is 18.6 Å². The number of benzene rings is 1. The predicted octanol–water partition coefficient (Wildman–Crippen LogP) is 2.29. The molecular weight excluding hydrogens is 252 g/mol. The molecule has 6 heteroatoms. The Kier molecular flexibility index (Phi) is 6.88. The van der Waals surface area contributed by atoms with Gasteiger partial charge in [-0.1, -0.05) is 20.3 Å². The third kappa shape index (κ3) is 4.79. The lowest BCUT2D eigenvalue weighted by Gasteiger charge is -2.04. The number of methoxy groups -OCH3 is 1. The third-order valence-electron chi connectivity index (χ3n) is 1.90. The van der Waals surface area contributed by atoms with E-state index in [0.29, 0.717) is 0 Å². The van der Waals surface area contributed by atoms with Crippen molar-refractivity contribution in [3.05, 3.63) is 34.9 Å². The molecule has 1 aromatic rings. The fourth-order valence-corrected chi connectivity index (χ4v) is 1.14. The van der Waals surface area contributed by atoms with E-state index in [1.54, 1.807) is 0 Å². The molecule has 0 saturated carbocycles. The Morgan fingerprint density at radius 2 is 1.58 bits per heavy atom. The van der Waals surface area contributed by atoms with Crippen molar-refractivity contribution in [3.63, 3.8) is 0 Å². The Morgan fingerprint density at radius 3 is 1.95 bits per heavy atom. The summed E-state index contributed by atoms with van der Waals surface area (Å²) in [7, 11) is 1.11. The van der Waals surface area contributed by atoms with Gasteiger partial charge in [0.15, 0.2) is 0 Å². The Labute approximate surface area is 110 Å². The van der Waals surface area contributed by atoms with Crippen LogP contribution in [-0.2, 0) is 4.74 Å². The lowest BCUT2D eigenvalue weighted by molar-refractivity contribution is 0.0581. The highest BCUT2D eigenvalue weighted by Crippen LogP contribution is 2.13. The summed E-state index contributed by atoms with van der Waals surface area (Å²) in [5.74, 6) is -3.48. The minimum atomic E-state index is -1.39. The Hall–Kier alpha value is -2.37. The minimum absolute atomic E-state index is 0.181. The smallest absolute Gasteiger partial charge is 0.338 e. The van der Waals surface area contributed by atoms with Crippen molar-refractivity contribution >= 4 is 17.9 Å². The van der Waals surface area contributed by atoms with Crippen LogP contribution in [0.3, 0.4) is 0 Å². The van der Waals surface area contributed by atoms with Crippen molar-refractivity contribution in [3.8, 4) is 0 Å². The maximum Gasteiger partial charge on any atom is 0.338 e. The van der Waals surface area contributed by atoms with Gasteiger partial charge < -0.3 is 14.9 Å². The van der Waals surface area contributed by atoms with E-state index in [1.807, 2.05) is 0 Å². The molecule has 0 radical (unpaired) electrons. The topological polar surface area (TPSA) is 101 Å². The van der Waals surface area contributed by atoms with Gasteiger partial charge in [0, 0.05) is 0 Å². The summed E-state index contributed by atoms with van der Waals surface area (Å²) in [5, 5.41) is 17.5. The van der Waals surface area contributed by atoms with Crippen LogP contribution in [-0.4, -0.2) is 35.2 Å². The third-order valence-corrected chi connectivity index (χ3v) is 1.90. The second kappa shape index (κ2) is 7.86. The number of esters is 1. The molecule has 0 aromatic heterocycles. The Balaban J connectivity index is 0.000000982. The molecule has 0 amide bonds. The first-order valence-electron chi connectivity index (χ1n) is 5.57. The molecule has 0 saturated heterocycles. The van der Waals surface area contributed by atoms with Crippen LogP contribution in [0, 0.1) is 0 Å². The first kappa shape index (κ1) is 16.6. The molecule has 19 heavy (non-hydrogen) atoms. The molecule has 0 aliphatic carbocycles. The van der Waals surface area contributed by atoms with Gasteiger partial charge >= 0.3 is 17.9 Å². The maximum atomic E-state index is 11.2. The van der Waals surface area contributed by atoms with E-state index in [4.69, 9.17) is 10.2 Å². The van der Waals surface area contributed by atoms with Crippen molar-refractivity contribution in [2.45, 2.75) is 20.3 Å². The quantitative estimate of drug-likeness (QED) is 0.815. The van der Waals surface area contributed by atoms with Crippen LogP contribution in [0.5, 0.6) is 0 Å². The van der Waals surface area contributed by atoms with Gasteiger partial charge in [-0.25, -0.2) is 14.4 Å². The first-order valence-corrected chi connectivity index (χ1v) is 5.57. The van der Waals surface area contributed by atoms with E-state index in [0.717, 1.165) is 25.3 Å². The van der Waals surface area contributed by atoms with Gasteiger partial charge in [-0.05, 0) is 18.2 Å². The molecule has 0 fully saturated rings. The molecule has 6 nitrogen and oxygen atoms in total. The highest BCUT2D eigenvalue weighted by Gasteiger charge is 2.19. The number of ether oxygens (including phenoxy) is 1. The second-order valence-corrected chi connectivity index (χ2v) is 3.57. The Bertz CT molecular complexity index is 478. The van der Waals surface area contributed by atoms with Crippen LogP contribution in [0.1, 0.15) is 51.3 Å². The molecular formula is C13H16O6. The van der Waals surface area contributed by atoms with Gasteiger partial charge in [0.05, 0.1) is 23.8 Å². The van der Waals surface area contributed by atoms with Crippen molar-refractivity contribution in [1.29, 1.82) is 0 Å². The number of rotatable bonds is 3. The summed E-state index contributed by atoms with van der Waals surface area (Å²) in [6, 6.07) is 3.16. The monoisotopic (exact) mass is 268 g/mol. The SMILES string of the molecule is CCC.COC(=O)c1ccc(C(=O)O)cc1C(=O)O. The second-order valence-electron chi connectivity index (χ2n) is 3.57. The average Bonchev–Trinajstić information content (AvgIpc) is 2.37. The summed E-state index contributed by atoms with van der Waals surface area (Å²) in [6.07, 6.45) is 1.25. The van der Waals surface area contributed by atoms with Gasteiger partial charge in [0.2, 0.25) is 0 Å². The van der Waals surface area contributed by atoms with Gasteiger partial charge in [0.1, 0.15) is 0 Å². The van der Waals surface area contributed by atoms with Gasteiger partial charge in [0.25, 0.3) is 0 Å². The van der Waals surface area contributed by atoms with Crippen LogP contribution in [0.25, 0.3) is 0 Å². The zero-order valence-corrected chi connectivity index (χ0v) is 11.0. The van der Waals surface area contributed by atoms with E-state index in [9.17, 15) is 14.4 Å². The van der Waals surface area contributed by atoms with E-state index in [1.165, 1.54) is 6.42 Å². The van der Waals surface area contributed by atoms with E-state index in [-0.39, 0.29) is 11.1 Å². The number of hydrogen-bond donors (Lipinski definition) is 2. The summed E-state index contributed by atoms with van der Waals surface area (Å²) >= 11 is 0. The lowest BCUT2D eigenvalue weighted by atomic mass is 10.0. The van der Waals surface area contributed by atoms with Crippen molar-refractivity contribution in [2.75, 3.05) is 7.11 Å².